The lowest BCUT2D eigenvalue weighted by molar-refractivity contribution is 0.0705. The number of methoxy groups -OCH3 is 1. The van der Waals surface area contributed by atoms with Crippen molar-refractivity contribution < 1.29 is 9.53 Å². The highest BCUT2D eigenvalue weighted by atomic mass is 16.5. The van der Waals surface area contributed by atoms with Gasteiger partial charge in [0.25, 0.3) is 5.91 Å². The predicted octanol–water partition coefficient (Wildman–Crippen LogP) is 1.75. The molecule has 1 unspecified atom stereocenters. The molecule has 1 aliphatic rings. The van der Waals surface area contributed by atoms with Crippen molar-refractivity contribution >= 4 is 5.91 Å². The van der Waals surface area contributed by atoms with E-state index >= 15 is 0 Å². The van der Waals surface area contributed by atoms with E-state index in [0.29, 0.717) is 17.4 Å². The van der Waals surface area contributed by atoms with Gasteiger partial charge in [-0.25, -0.2) is 0 Å². The zero-order chi connectivity index (χ0) is 14.0. The van der Waals surface area contributed by atoms with Gasteiger partial charge in [-0.1, -0.05) is 6.07 Å². The Bertz CT molecular complexity index is 485. The number of benzene rings is 1. The number of rotatable bonds is 2. The highest BCUT2D eigenvalue weighted by Crippen LogP contribution is 2.26. The van der Waals surface area contributed by atoms with Gasteiger partial charge in [-0.3, -0.25) is 4.79 Å². The van der Waals surface area contributed by atoms with Crippen molar-refractivity contribution in [3.8, 4) is 5.75 Å². The molecule has 2 rings (SSSR count). The summed E-state index contributed by atoms with van der Waals surface area (Å²) >= 11 is 0. The summed E-state index contributed by atoms with van der Waals surface area (Å²) in [7, 11) is 1.62. The molecule has 4 nitrogen and oxygen atoms in total. The first-order valence-electron chi connectivity index (χ1n) is 6.71. The third-order valence-corrected chi connectivity index (χ3v) is 3.53. The molecule has 0 saturated carbocycles. The number of aryl methyl sites for hydroxylation is 2. The number of carbonyl (C=O) groups excluding carboxylic acids is 1. The number of hydrogen-bond acceptors (Lipinski definition) is 3. The molecule has 1 aromatic rings. The third kappa shape index (κ3) is 2.89. The minimum absolute atomic E-state index is 0.0719. The van der Waals surface area contributed by atoms with Gasteiger partial charge in [0.05, 0.1) is 12.7 Å². The molecule has 1 aliphatic heterocycles. The monoisotopic (exact) mass is 262 g/mol. The normalized spacial score (nSPS) is 19.4. The second-order valence-electron chi connectivity index (χ2n) is 5.27. The number of nitrogens with one attached hydrogen (secondary N) is 1. The molecule has 1 heterocycles. The number of piperazine rings is 1. The molecule has 19 heavy (non-hydrogen) atoms. The molecular formula is C15H22N2O2. The Kier molecular flexibility index (Phi) is 4.10. The summed E-state index contributed by atoms with van der Waals surface area (Å²) in [5.74, 6) is 0.747. The fourth-order valence-electron chi connectivity index (χ4n) is 2.64. The van der Waals surface area contributed by atoms with Crippen molar-refractivity contribution in [1.82, 2.24) is 10.2 Å². The van der Waals surface area contributed by atoms with Crippen molar-refractivity contribution in [1.29, 1.82) is 0 Å². The molecule has 4 heteroatoms. The van der Waals surface area contributed by atoms with Crippen molar-refractivity contribution in [3.63, 3.8) is 0 Å². The fourth-order valence-corrected chi connectivity index (χ4v) is 2.64. The zero-order valence-corrected chi connectivity index (χ0v) is 12.1. The predicted molar refractivity (Wildman–Crippen MR) is 75.8 cm³/mol. The second-order valence-corrected chi connectivity index (χ2v) is 5.27. The van der Waals surface area contributed by atoms with Gasteiger partial charge in [-0.15, -0.1) is 0 Å². The van der Waals surface area contributed by atoms with Gasteiger partial charge in [0, 0.05) is 25.7 Å². The zero-order valence-electron chi connectivity index (χ0n) is 12.1. The highest BCUT2D eigenvalue weighted by Gasteiger charge is 2.25. The molecule has 0 aliphatic carbocycles. The molecule has 0 radical (unpaired) electrons. The number of hydrogen-bond donors (Lipinski definition) is 1. The maximum absolute atomic E-state index is 12.7. The Balaban J connectivity index is 2.32. The largest absolute Gasteiger partial charge is 0.496 e. The summed E-state index contributed by atoms with van der Waals surface area (Å²) in [6.07, 6.45) is 0. The third-order valence-electron chi connectivity index (χ3n) is 3.53. The lowest BCUT2D eigenvalue weighted by Crippen LogP contribution is -2.51. The molecule has 1 N–H and O–H groups in total. The first-order chi connectivity index (χ1) is 9.02. The smallest absolute Gasteiger partial charge is 0.257 e. The van der Waals surface area contributed by atoms with Crippen LogP contribution in [0.3, 0.4) is 0 Å². The Morgan fingerprint density at radius 2 is 2.16 bits per heavy atom. The molecule has 1 amide bonds. The number of nitrogens with zero attached hydrogens (tertiary/aromatic N) is 1. The molecule has 1 saturated heterocycles. The van der Waals surface area contributed by atoms with Crippen LogP contribution in [-0.4, -0.2) is 43.6 Å². The maximum atomic E-state index is 12.7. The molecule has 0 bridgehead atoms. The van der Waals surface area contributed by atoms with E-state index in [2.05, 4.69) is 12.2 Å². The van der Waals surface area contributed by atoms with Crippen molar-refractivity contribution in [2.24, 2.45) is 0 Å². The summed E-state index contributed by atoms with van der Waals surface area (Å²) < 4.78 is 5.38. The first-order valence-corrected chi connectivity index (χ1v) is 6.71. The Morgan fingerprint density at radius 1 is 1.42 bits per heavy atom. The van der Waals surface area contributed by atoms with E-state index in [1.54, 1.807) is 7.11 Å². The molecule has 104 valence electrons. The molecule has 0 aromatic heterocycles. The van der Waals surface area contributed by atoms with Crippen molar-refractivity contribution in [2.45, 2.75) is 26.8 Å². The van der Waals surface area contributed by atoms with E-state index in [1.807, 2.05) is 30.9 Å². The first kappa shape index (κ1) is 13.9. The summed E-state index contributed by atoms with van der Waals surface area (Å²) in [5, 5.41) is 3.35. The topological polar surface area (TPSA) is 41.6 Å². The van der Waals surface area contributed by atoms with Crippen LogP contribution in [0.2, 0.25) is 0 Å². The SMILES string of the molecule is COc1cc(C)cc(C)c1C(=O)N1CCNC(C)C1. The lowest BCUT2D eigenvalue weighted by atomic mass is 10.0. The number of amides is 1. The van der Waals surface area contributed by atoms with Gasteiger partial charge in [-0.2, -0.15) is 0 Å². The number of carbonyl (C=O) groups is 1. The van der Waals surface area contributed by atoms with E-state index in [0.717, 1.165) is 30.8 Å². The van der Waals surface area contributed by atoms with E-state index in [-0.39, 0.29) is 5.91 Å². The van der Waals surface area contributed by atoms with E-state index in [4.69, 9.17) is 4.74 Å². The lowest BCUT2D eigenvalue weighted by Gasteiger charge is -2.32. The minimum Gasteiger partial charge on any atom is -0.496 e. The van der Waals surface area contributed by atoms with Crippen LogP contribution in [0.5, 0.6) is 5.75 Å². The van der Waals surface area contributed by atoms with Crippen molar-refractivity contribution in [3.05, 3.63) is 28.8 Å². The van der Waals surface area contributed by atoms with Crippen molar-refractivity contribution in [2.75, 3.05) is 26.7 Å². The van der Waals surface area contributed by atoms with Crippen LogP contribution in [0.25, 0.3) is 0 Å². The van der Waals surface area contributed by atoms with Crippen LogP contribution in [-0.2, 0) is 0 Å². The molecule has 1 atom stereocenters. The Labute approximate surface area is 114 Å². The number of ether oxygens (including phenoxy) is 1. The average molecular weight is 262 g/mol. The summed E-state index contributed by atoms with van der Waals surface area (Å²) in [5.41, 5.74) is 2.79. The second kappa shape index (κ2) is 5.61. The van der Waals surface area contributed by atoms with Gasteiger partial charge >= 0.3 is 0 Å². The minimum atomic E-state index is 0.0719. The summed E-state index contributed by atoms with van der Waals surface area (Å²) in [6.45, 7) is 8.42. The standard InChI is InChI=1S/C15H22N2O2/c1-10-7-11(2)14(13(8-10)19-4)15(18)17-6-5-16-12(3)9-17/h7-8,12,16H,5-6,9H2,1-4H3. The fraction of sp³-hybridized carbons (Fsp3) is 0.533. The quantitative estimate of drug-likeness (QED) is 0.883. The molecule has 1 aromatic carbocycles. The van der Waals surface area contributed by atoms with Crippen LogP contribution in [0, 0.1) is 13.8 Å². The van der Waals surface area contributed by atoms with Crippen LogP contribution in [0.15, 0.2) is 12.1 Å². The summed E-state index contributed by atoms with van der Waals surface area (Å²) in [4.78, 5) is 14.6. The van der Waals surface area contributed by atoms with Gasteiger partial charge < -0.3 is 15.0 Å². The van der Waals surface area contributed by atoms with E-state index in [9.17, 15) is 4.79 Å². The van der Waals surface area contributed by atoms with Gasteiger partial charge in [0.1, 0.15) is 5.75 Å². The average Bonchev–Trinajstić information content (AvgIpc) is 2.37. The van der Waals surface area contributed by atoms with Crippen LogP contribution >= 0.6 is 0 Å². The Morgan fingerprint density at radius 3 is 2.79 bits per heavy atom. The molecule has 1 fully saturated rings. The van der Waals surface area contributed by atoms with Gasteiger partial charge in [0.15, 0.2) is 0 Å². The van der Waals surface area contributed by atoms with E-state index < -0.39 is 0 Å². The van der Waals surface area contributed by atoms with E-state index in [1.165, 1.54) is 0 Å². The molecule has 0 spiro atoms. The van der Waals surface area contributed by atoms with Gasteiger partial charge in [-0.05, 0) is 38.0 Å². The maximum Gasteiger partial charge on any atom is 0.257 e. The van der Waals surface area contributed by atoms with Gasteiger partial charge in [0.2, 0.25) is 0 Å². The highest BCUT2D eigenvalue weighted by molar-refractivity contribution is 5.98. The summed E-state index contributed by atoms with van der Waals surface area (Å²) in [6, 6.07) is 4.29. The Hall–Kier alpha value is -1.55. The van der Waals surface area contributed by atoms with Crippen LogP contribution < -0.4 is 10.1 Å². The molecular weight excluding hydrogens is 240 g/mol. The van der Waals surface area contributed by atoms with Crippen LogP contribution in [0.4, 0.5) is 0 Å². The van der Waals surface area contributed by atoms with Crippen LogP contribution in [0.1, 0.15) is 28.4 Å².